The van der Waals surface area contributed by atoms with Crippen LogP contribution in [0.4, 0.5) is 0 Å². The van der Waals surface area contributed by atoms with E-state index in [1.807, 2.05) is 0 Å². The standard InChI is InChI=1S/C10H18O5/c11-4-7-1-2-10(14-5-7)3-8(12)9(13)6-15-10/h7-9,11-13H,1-6H2. The van der Waals surface area contributed by atoms with Gasteiger partial charge in [-0.1, -0.05) is 0 Å². The zero-order chi connectivity index (χ0) is 10.9. The van der Waals surface area contributed by atoms with Crippen molar-refractivity contribution in [3.8, 4) is 0 Å². The van der Waals surface area contributed by atoms with Gasteiger partial charge in [-0.2, -0.15) is 0 Å². The zero-order valence-corrected chi connectivity index (χ0v) is 8.63. The third kappa shape index (κ3) is 2.32. The molecule has 1 spiro atoms. The van der Waals surface area contributed by atoms with E-state index < -0.39 is 18.0 Å². The molecular formula is C10H18O5. The minimum absolute atomic E-state index is 0.116. The normalized spacial score (nSPS) is 47.0. The van der Waals surface area contributed by atoms with Crippen LogP contribution in [0.5, 0.6) is 0 Å². The first-order valence-corrected chi connectivity index (χ1v) is 5.40. The maximum absolute atomic E-state index is 9.56. The van der Waals surface area contributed by atoms with Crippen LogP contribution in [-0.2, 0) is 9.47 Å². The molecule has 2 saturated heterocycles. The molecule has 5 heteroatoms. The van der Waals surface area contributed by atoms with Crippen molar-refractivity contribution in [2.24, 2.45) is 5.92 Å². The van der Waals surface area contributed by atoms with Crippen molar-refractivity contribution >= 4 is 0 Å². The first-order chi connectivity index (χ1) is 7.15. The number of hydrogen-bond acceptors (Lipinski definition) is 5. The molecule has 2 heterocycles. The molecule has 88 valence electrons. The van der Waals surface area contributed by atoms with Crippen LogP contribution in [0.3, 0.4) is 0 Å². The second-order valence-electron chi connectivity index (χ2n) is 4.46. The van der Waals surface area contributed by atoms with Gasteiger partial charge in [0.05, 0.1) is 19.3 Å². The van der Waals surface area contributed by atoms with Gasteiger partial charge in [0.2, 0.25) is 0 Å². The Hall–Kier alpha value is -0.200. The summed E-state index contributed by atoms with van der Waals surface area (Å²) in [6.07, 6.45) is 0.229. The minimum atomic E-state index is -0.810. The van der Waals surface area contributed by atoms with E-state index in [2.05, 4.69) is 0 Å². The average molecular weight is 218 g/mol. The summed E-state index contributed by atoms with van der Waals surface area (Å²) >= 11 is 0. The van der Waals surface area contributed by atoms with Crippen LogP contribution in [0, 0.1) is 5.92 Å². The van der Waals surface area contributed by atoms with Crippen molar-refractivity contribution in [3.63, 3.8) is 0 Å². The second kappa shape index (κ2) is 4.35. The number of rotatable bonds is 1. The number of aliphatic hydroxyl groups excluding tert-OH is 3. The fourth-order valence-electron chi connectivity index (χ4n) is 2.13. The lowest BCUT2D eigenvalue weighted by Gasteiger charge is -2.44. The highest BCUT2D eigenvalue weighted by Crippen LogP contribution is 2.36. The molecule has 15 heavy (non-hydrogen) atoms. The summed E-state index contributed by atoms with van der Waals surface area (Å²) in [7, 11) is 0. The molecular weight excluding hydrogens is 200 g/mol. The number of aliphatic hydroxyl groups is 3. The van der Waals surface area contributed by atoms with Crippen molar-refractivity contribution < 1.29 is 24.8 Å². The van der Waals surface area contributed by atoms with Crippen LogP contribution in [0.1, 0.15) is 19.3 Å². The van der Waals surface area contributed by atoms with Crippen LogP contribution in [0.15, 0.2) is 0 Å². The summed E-state index contributed by atoms with van der Waals surface area (Å²) in [4.78, 5) is 0. The van der Waals surface area contributed by atoms with Crippen molar-refractivity contribution in [2.45, 2.75) is 37.3 Å². The lowest BCUT2D eigenvalue weighted by atomic mass is 9.90. The SMILES string of the molecule is OCC1CCC2(CC(O)C(O)CO2)OC1. The maximum Gasteiger partial charge on any atom is 0.170 e. The molecule has 0 aromatic heterocycles. The molecule has 4 atom stereocenters. The van der Waals surface area contributed by atoms with Gasteiger partial charge in [-0.25, -0.2) is 0 Å². The summed E-state index contributed by atoms with van der Waals surface area (Å²) in [6.45, 7) is 0.700. The van der Waals surface area contributed by atoms with E-state index >= 15 is 0 Å². The molecule has 4 unspecified atom stereocenters. The Morgan fingerprint density at radius 2 is 1.87 bits per heavy atom. The van der Waals surface area contributed by atoms with Crippen LogP contribution in [0.25, 0.3) is 0 Å². The van der Waals surface area contributed by atoms with Gasteiger partial charge in [-0.3, -0.25) is 0 Å². The third-order valence-electron chi connectivity index (χ3n) is 3.26. The summed E-state index contributed by atoms with van der Waals surface area (Å²) < 4.78 is 11.0. The van der Waals surface area contributed by atoms with E-state index in [1.165, 1.54) is 0 Å². The topological polar surface area (TPSA) is 79.2 Å². The zero-order valence-electron chi connectivity index (χ0n) is 8.63. The molecule has 0 aromatic rings. The van der Waals surface area contributed by atoms with Gasteiger partial charge in [0.25, 0.3) is 0 Å². The highest BCUT2D eigenvalue weighted by Gasteiger charge is 2.44. The molecule has 0 saturated carbocycles. The Bertz CT molecular complexity index is 212. The van der Waals surface area contributed by atoms with Gasteiger partial charge >= 0.3 is 0 Å². The van der Waals surface area contributed by atoms with E-state index in [9.17, 15) is 10.2 Å². The first-order valence-electron chi connectivity index (χ1n) is 5.40. The fourth-order valence-corrected chi connectivity index (χ4v) is 2.13. The van der Waals surface area contributed by atoms with Crippen molar-refractivity contribution in [1.29, 1.82) is 0 Å². The molecule has 3 N–H and O–H groups in total. The van der Waals surface area contributed by atoms with Crippen LogP contribution >= 0.6 is 0 Å². The highest BCUT2D eigenvalue weighted by molar-refractivity contribution is 4.87. The maximum atomic E-state index is 9.56. The molecule has 0 aliphatic carbocycles. The van der Waals surface area contributed by atoms with Crippen LogP contribution in [-0.4, -0.2) is 53.1 Å². The molecule has 5 nitrogen and oxygen atoms in total. The third-order valence-corrected chi connectivity index (χ3v) is 3.26. The van der Waals surface area contributed by atoms with Crippen molar-refractivity contribution in [3.05, 3.63) is 0 Å². The van der Waals surface area contributed by atoms with Gasteiger partial charge in [0.15, 0.2) is 5.79 Å². The lowest BCUT2D eigenvalue weighted by Crippen LogP contribution is -2.53. The Labute approximate surface area is 88.6 Å². The van der Waals surface area contributed by atoms with Gasteiger partial charge in [-0.15, -0.1) is 0 Å². The Morgan fingerprint density at radius 1 is 1.13 bits per heavy atom. The Kier molecular flexibility index (Phi) is 3.27. The average Bonchev–Trinajstić information content (AvgIpc) is 2.26. The van der Waals surface area contributed by atoms with E-state index in [-0.39, 0.29) is 19.1 Å². The Morgan fingerprint density at radius 3 is 2.40 bits per heavy atom. The molecule has 2 rings (SSSR count). The summed E-state index contributed by atoms with van der Waals surface area (Å²) in [6, 6.07) is 0. The predicted molar refractivity (Wildman–Crippen MR) is 51.1 cm³/mol. The fraction of sp³-hybridized carbons (Fsp3) is 1.00. The van der Waals surface area contributed by atoms with E-state index in [0.717, 1.165) is 6.42 Å². The summed E-state index contributed by atoms with van der Waals surface area (Å²) in [5.74, 6) is -0.562. The largest absolute Gasteiger partial charge is 0.396 e. The van der Waals surface area contributed by atoms with Gasteiger partial charge < -0.3 is 24.8 Å². The molecule has 2 fully saturated rings. The summed E-state index contributed by atoms with van der Waals surface area (Å²) in [5.41, 5.74) is 0. The lowest BCUT2D eigenvalue weighted by molar-refractivity contribution is -0.312. The number of ether oxygens (including phenoxy) is 2. The minimum Gasteiger partial charge on any atom is -0.396 e. The van der Waals surface area contributed by atoms with Crippen molar-refractivity contribution in [2.75, 3.05) is 19.8 Å². The van der Waals surface area contributed by atoms with E-state index in [0.29, 0.717) is 19.4 Å². The first kappa shape index (κ1) is 11.3. The second-order valence-corrected chi connectivity index (χ2v) is 4.46. The molecule has 2 aliphatic heterocycles. The molecule has 0 aromatic carbocycles. The monoisotopic (exact) mass is 218 g/mol. The molecule has 0 radical (unpaired) electrons. The van der Waals surface area contributed by atoms with Crippen LogP contribution < -0.4 is 0 Å². The smallest absolute Gasteiger partial charge is 0.170 e. The molecule has 0 bridgehead atoms. The van der Waals surface area contributed by atoms with E-state index in [4.69, 9.17) is 14.6 Å². The quantitative estimate of drug-likeness (QED) is 0.539. The van der Waals surface area contributed by atoms with Gasteiger partial charge in [0, 0.05) is 25.4 Å². The highest BCUT2D eigenvalue weighted by atomic mass is 16.7. The molecule has 0 amide bonds. The predicted octanol–water partition coefficient (Wildman–Crippen LogP) is -0.756. The van der Waals surface area contributed by atoms with Crippen molar-refractivity contribution in [1.82, 2.24) is 0 Å². The van der Waals surface area contributed by atoms with E-state index in [1.54, 1.807) is 0 Å². The van der Waals surface area contributed by atoms with Gasteiger partial charge in [-0.05, 0) is 6.42 Å². The summed E-state index contributed by atoms with van der Waals surface area (Å²) in [5, 5.41) is 27.8. The van der Waals surface area contributed by atoms with Crippen LogP contribution in [0.2, 0.25) is 0 Å². The van der Waals surface area contributed by atoms with Gasteiger partial charge in [0.1, 0.15) is 6.10 Å². The molecule has 2 aliphatic rings. The number of hydrogen-bond donors (Lipinski definition) is 3. The Balaban J connectivity index is 1.92.